The van der Waals surface area contributed by atoms with E-state index in [0.717, 1.165) is 12.8 Å². The molecule has 5 rings (SSSR count). The summed E-state index contributed by atoms with van der Waals surface area (Å²) in [6, 6.07) is 14.4. The van der Waals surface area contributed by atoms with Crippen LogP contribution in [-0.4, -0.2) is 40.1 Å². The molecule has 4 nitrogen and oxygen atoms in total. The first kappa shape index (κ1) is 18.3. The molecule has 1 amide bonds. The molecule has 5 heteroatoms. The van der Waals surface area contributed by atoms with Crippen LogP contribution in [0.25, 0.3) is 10.9 Å². The van der Waals surface area contributed by atoms with E-state index in [1.807, 2.05) is 24.0 Å². The minimum atomic E-state index is -0.399. The van der Waals surface area contributed by atoms with E-state index >= 15 is 0 Å². The van der Waals surface area contributed by atoms with Gasteiger partial charge in [-0.3, -0.25) is 9.78 Å². The fourth-order valence-electron chi connectivity index (χ4n) is 5.16. The van der Waals surface area contributed by atoms with Crippen LogP contribution in [0.3, 0.4) is 0 Å². The minimum Gasteiger partial charge on any atom is -0.392 e. The number of halogens is 1. The van der Waals surface area contributed by atoms with E-state index in [-0.39, 0.29) is 17.1 Å². The Morgan fingerprint density at radius 3 is 2.72 bits per heavy atom. The van der Waals surface area contributed by atoms with Gasteiger partial charge in [-0.25, -0.2) is 4.39 Å². The van der Waals surface area contributed by atoms with Gasteiger partial charge in [0.1, 0.15) is 5.82 Å². The molecule has 2 aromatic carbocycles. The highest BCUT2D eigenvalue weighted by molar-refractivity contribution is 6.06. The first-order valence-electron chi connectivity index (χ1n) is 10.1. The van der Waals surface area contributed by atoms with E-state index in [4.69, 9.17) is 0 Å². The summed E-state index contributed by atoms with van der Waals surface area (Å²) in [6.45, 7) is 3.00. The number of aryl methyl sites for hydroxylation is 1. The third-order valence-electron chi connectivity index (χ3n) is 6.68. The summed E-state index contributed by atoms with van der Waals surface area (Å²) in [5.41, 5.74) is 3.96. The molecule has 1 aliphatic heterocycles. The predicted molar refractivity (Wildman–Crippen MR) is 109 cm³/mol. The maximum Gasteiger partial charge on any atom is 0.254 e. The van der Waals surface area contributed by atoms with Crippen LogP contribution in [0.4, 0.5) is 4.39 Å². The lowest BCUT2D eigenvalue weighted by Crippen LogP contribution is -2.49. The van der Waals surface area contributed by atoms with Crippen molar-refractivity contribution in [3.05, 3.63) is 76.7 Å². The molecular formula is C24H23FN2O2. The van der Waals surface area contributed by atoms with Gasteiger partial charge in [0.2, 0.25) is 0 Å². The highest BCUT2D eigenvalue weighted by Gasteiger charge is 2.48. The normalized spacial score (nSPS) is 20.2. The van der Waals surface area contributed by atoms with Crippen molar-refractivity contribution in [2.45, 2.75) is 37.7 Å². The Bertz CT molecular complexity index is 1110. The molecule has 0 radical (unpaired) electrons. The molecule has 0 saturated carbocycles. The van der Waals surface area contributed by atoms with Crippen LogP contribution >= 0.6 is 0 Å². The van der Waals surface area contributed by atoms with Crippen LogP contribution in [0.5, 0.6) is 0 Å². The van der Waals surface area contributed by atoms with Crippen molar-refractivity contribution >= 4 is 16.8 Å². The van der Waals surface area contributed by atoms with Gasteiger partial charge in [-0.1, -0.05) is 24.3 Å². The number of pyridine rings is 1. The number of piperidine rings is 1. The van der Waals surface area contributed by atoms with Gasteiger partial charge in [0.25, 0.3) is 5.91 Å². The Morgan fingerprint density at radius 2 is 1.93 bits per heavy atom. The van der Waals surface area contributed by atoms with Gasteiger partial charge in [0.05, 0.1) is 17.2 Å². The monoisotopic (exact) mass is 390 g/mol. The predicted octanol–water partition coefficient (Wildman–Crippen LogP) is 3.77. The fraction of sp³-hybridized carbons (Fsp3) is 0.333. The van der Waals surface area contributed by atoms with Gasteiger partial charge in [-0.15, -0.1) is 0 Å². The number of rotatable bonds is 1. The second kappa shape index (κ2) is 6.63. The number of aromatic nitrogens is 1. The highest BCUT2D eigenvalue weighted by atomic mass is 19.1. The van der Waals surface area contributed by atoms with Crippen molar-refractivity contribution in [2.75, 3.05) is 13.1 Å². The number of carbonyl (C=O) groups is 1. The summed E-state index contributed by atoms with van der Waals surface area (Å²) < 4.78 is 13.6. The van der Waals surface area contributed by atoms with Crippen LogP contribution in [0.15, 0.2) is 48.5 Å². The van der Waals surface area contributed by atoms with Crippen LogP contribution < -0.4 is 0 Å². The summed E-state index contributed by atoms with van der Waals surface area (Å²) in [5.74, 6) is -0.412. The number of nitrogens with zero attached hydrogens (tertiary/aromatic N) is 2. The highest BCUT2D eigenvalue weighted by Crippen LogP contribution is 2.46. The van der Waals surface area contributed by atoms with Crippen molar-refractivity contribution in [2.24, 2.45) is 0 Å². The molecule has 1 atom stereocenters. The van der Waals surface area contributed by atoms with Crippen molar-refractivity contribution in [1.29, 1.82) is 0 Å². The molecule has 29 heavy (non-hydrogen) atoms. The van der Waals surface area contributed by atoms with Crippen molar-refractivity contribution in [3.63, 3.8) is 0 Å². The molecule has 1 fully saturated rings. The Hall–Kier alpha value is -2.79. The summed E-state index contributed by atoms with van der Waals surface area (Å²) in [7, 11) is 0. The van der Waals surface area contributed by atoms with Gasteiger partial charge in [0.15, 0.2) is 0 Å². The van der Waals surface area contributed by atoms with E-state index in [1.54, 1.807) is 12.1 Å². The Labute approximate surface area is 169 Å². The summed E-state index contributed by atoms with van der Waals surface area (Å²) >= 11 is 0. The smallest absolute Gasteiger partial charge is 0.254 e. The summed E-state index contributed by atoms with van der Waals surface area (Å²) in [4.78, 5) is 19.6. The molecule has 0 unspecified atom stereocenters. The lowest BCUT2D eigenvalue weighted by atomic mass is 9.72. The van der Waals surface area contributed by atoms with Crippen LogP contribution in [-0.2, 0) is 11.8 Å². The zero-order chi connectivity index (χ0) is 20.2. The molecule has 1 saturated heterocycles. The van der Waals surface area contributed by atoms with Crippen molar-refractivity contribution in [1.82, 2.24) is 9.88 Å². The van der Waals surface area contributed by atoms with E-state index in [9.17, 15) is 14.3 Å². The van der Waals surface area contributed by atoms with Crippen molar-refractivity contribution in [3.8, 4) is 0 Å². The van der Waals surface area contributed by atoms with Crippen molar-refractivity contribution < 1.29 is 14.3 Å². The average Bonchev–Trinajstić information content (AvgIpc) is 2.98. The zero-order valence-corrected chi connectivity index (χ0v) is 16.4. The standard InChI is InChI=1S/C24H23FN2O2/c1-15-12-19(18-7-6-17(25)14-21(18)26-15)23(29)27-10-8-24(9-11-27)20-5-3-2-4-16(20)13-22(24)28/h2-7,12,14,22,28H,8-11,13H2,1H3/t22-/m1/s1. The third-order valence-corrected chi connectivity index (χ3v) is 6.68. The SMILES string of the molecule is Cc1cc(C(=O)N2CCC3(CC2)c2ccccc2C[C@H]3O)c2ccc(F)cc2n1. The largest absolute Gasteiger partial charge is 0.392 e. The number of fused-ring (bicyclic) bond motifs is 3. The number of benzene rings is 2. The zero-order valence-electron chi connectivity index (χ0n) is 16.4. The van der Waals surface area contributed by atoms with Gasteiger partial charge in [0, 0.05) is 35.7 Å². The van der Waals surface area contributed by atoms with E-state index < -0.39 is 6.10 Å². The average molecular weight is 390 g/mol. The maximum absolute atomic E-state index is 13.6. The van der Waals surface area contributed by atoms with Gasteiger partial charge < -0.3 is 10.0 Å². The number of amides is 1. The lowest BCUT2D eigenvalue weighted by molar-refractivity contribution is 0.0366. The van der Waals surface area contributed by atoms with Crippen LogP contribution in [0, 0.1) is 12.7 Å². The number of hydrogen-bond donors (Lipinski definition) is 1. The molecule has 1 aromatic heterocycles. The van der Waals surface area contributed by atoms with Gasteiger partial charge >= 0.3 is 0 Å². The molecular weight excluding hydrogens is 367 g/mol. The maximum atomic E-state index is 13.6. The molecule has 1 N–H and O–H groups in total. The second-order valence-electron chi connectivity index (χ2n) is 8.30. The number of carbonyl (C=O) groups excluding carboxylic acids is 1. The third kappa shape index (κ3) is 2.84. The van der Waals surface area contributed by atoms with Gasteiger partial charge in [-0.2, -0.15) is 0 Å². The molecule has 148 valence electrons. The quantitative estimate of drug-likeness (QED) is 0.688. The molecule has 2 aliphatic rings. The second-order valence-corrected chi connectivity index (χ2v) is 8.30. The number of aliphatic hydroxyl groups excluding tert-OH is 1. The summed E-state index contributed by atoms with van der Waals surface area (Å²) in [6.07, 6.45) is 1.77. The number of likely N-dealkylation sites (tertiary alicyclic amines) is 1. The number of aliphatic hydroxyl groups is 1. The van der Waals surface area contributed by atoms with E-state index in [1.165, 1.54) is 23.3 Å². The van der Waals surface area contributed by atoms with Crippen LogP contribution in [0.2, 0.25) is 0 Å². The Morgan fingerprint density at radius 1 is 1.17 bits per heavy atom. The van der Waals surface area contributed by atoms with E-state index in [2.05, 4.69) is 17.1 Å². The molecule has 1 spiro atoms. The Balaban J connectivity index is 1.44. The van der Waals surface area contributed by atoms with E-state index in [0.29, 0.717) is 41.7 Å². The topological polar surface area (TPSA) is 53.4 Å². The minimum absolute atomic E-state index is 0.0530. The molecule has 2 heterocycles. The van der Waals surface area contributed by atoms with Gasteiger partial charge in [-0.05, 0) is 55.5 Å². The molecule has 0 bridgehead atoms. The Kier molecular flexibility index (Phi) is 4.17. The molecule has 3 aromatic rings. The first-order chi connectivity index (χ1) is 14.0. The number of hydrogen-bond acceptors (Lipinski definition) is 3. The lowest BCUT2D eigenvalue weighted by Gasteiger charge is -2.42. The first-order valence-corrected chi connectivity index (χ1v) is 10.1. The summed E-state index contributed by atoms with van der Waals surface area (Å²) in [5, 5.41) is 11.5. The van der Waals surface area contributed by atoms with Crippen LogP contribution in [0.1, 0.15) is 40.0 Å². The molecule has 1 aliphatic carbocycles. The fourth-order valence-corrected chi connectivity index (χ4v) is 5.16.